The summed E-state index contributed by atoms with van der Waals surface area (Å²) in [5, 5.41) is 16.1. The zero-order valence-corrected chi connectivity index (χ0v) is 22.1. The number of hydrogen-bond acceptors (Lipinski definition) is 5. The molecule has 3 unspecified atom stereocenters. The van der Waals surface area contributed by atoms with E-state index in [0.29, 0.717) is 25.9 Å². The summed E-state index contributed by atoms with van der Waals surface area (Å²) in [6.45, 7) is 4.71. The van der Waals surface area contributed by atoms with Crippen molar-refractivity contribution < 1.29 is 19.5 Å². The minimum absolute atomic E-state index is 0.0362. The average Bonchev–Trinajstić information content (AvgIpc) is 3.43. The largest absolute Gasteiger partial charge is 0.394 e. The van der Waals surface area contributed by atoms with Crippen LogP contribution in [0.2, 0.25) is 0 Å². The van der Waals surface area contributed by atoms with Crippen LogP contribution >= 0.6 is 27.7 Å². The number of benzene rings is 1. The third-order valence-corrected chi connectivity index (χ3v) is 10.7. The van der Waals surface area contributed by atoms with Gasteiger partial charge in [0.15, 0.2) is 0 Å². The zero-order valence-electron chi connectivity index (χ0n) is 19.7. The minimum atomic E-state index is -0.694. The van der Waals surface area contributed by atoms with E-state index in [1.807, 2.05) is 37.3 Å². The second kappa shape index (κ2) is 10.6. The Bertz CT molecular complexity index is 915. The standard InChI is InChI=1S/C25H34BrN3O4S/c1-3-5-11-27-23(32)21-25-12-17(26)20(34-25)18(19(25)24(33)29(21)16(4-2)14-30)22(31)28-13-15-9-7-6-8-10-15/h6-10,16-21,30H,3-5,11-14H2,1-2H3,(H,27,32)(H,28,31)/t16-,17?,18+,19-,20+,21?,25?/m0/s1. The molecule has 3 N–H and O–H groups in total. The number of alkyl halides is 1. The van der Waals surface area contributed by atoms with Gasteiger partial charge in [0, 0.05) is 23.2 Å². The van der Waals surface area contributed by atoms with E-state index in [4.69, 9.17) is 0 Å². The molecule has 3 amide bonds. The van der Waals surface area contributed by atoms with E-state index in [0.717, 1.165) is 18.4 Å². The van der Waals surface area contributed by atoms with Gasteiger partial charge in [-0.2, -0.15) is 0 Å². The molecule has 0 saturated carbocycles. The summed E-state index contributed by atoms with van der Waals surface area (Å²) in [5.74, 6) is -1.59. The van der Waals surface area contributed by atoms with Crippen molar-refractivity contribution in [2.45, 2.75) is 73.0 Å². The second-order valence-corrected chi connectivity index (χ2v) is 12.2. The number of unbranched alkanes of at least 4 members (excludes halogenated alkanes) is 1. The zero-order chi connectivity index (χ0) is 24.5. The highest BCUT2D eigenvalue weighted by atomic mass is 79.9. The van der Waals surface area contributed by atoms with Gasteiger partial charge in [-0.05, 0) is 24.8 Å². The number of thioether (sulfide) groups is 1. The lowest BCUT2D eigenvalue weighted by molar-refractivity contribution is -0.142. The third-order valence-electron chi connectivity index (χ3n) is 7.49. The molecule has 1 aromatic carbocycles. The monoisotopic (exact) mass is 551 g/mol. The molecular weight excluding hydrogens is 518 g/mol. The molecular formula is C25H34BrN3O4S. The van der Waals surface area contributed by atoms with Crippen LogP contribution in [-0.4, -0.2) is 67.8 Å². The lowest BCUT2D eigenvalue weighted by Gasteiger charge is -2.37. The number of fused-ring (bicyclic) bond motifs is 1. The van der Waals surface area contributed by atoms with Crippen molar-refractivity contribution >= 4 is 45.4 Å². The molecule has 3 aliphatic heterocycles. The molecule has 0 radical (unpaired) electrons. The van der Waals surface area contributed by atoms with Gasteiger partial charge in [-0.25, -0.2) is 0 Å². The Morgan fingerprint density at radius 1 is 1.24 bits per heavy atom. The first-order valence-electron chi connectivity index (χ1n) is 12.2. The van der Waals surface area contributed by atoms with E-state index in [-0.39, 0.29) is 34.4 Å². The molecule has 7 atom stereocenters. The van der Waals surface area contributed by atoms with E-state index in [9.17, 15) is 19.5 Å². The van der Waals surface area contributed by atoms with Crippen molar-refractivity contribution in [2.24, 2.45) is 11.8 Å². The molecule has 2 bridgehead atoms. The summed E-state index contributed by atoms with van der Waals surface area (Å²) in [6.07, 6.45) is 3.01. The molecule has 4 rings (SSSR count). The van der Waals surface area contributed by atoms with Gasteiger partial charge in [0.2, 0.25) is 17.7 Å². The molecule has 3 aliphatic rings. The van der Waals surface area contributed by atoms with E-state index < -0.39 is 28.7 Å². The molecule has 0 aromatic heterocycles. The van der Waals surface area contributed by atoms with Crippen molar-refractivity contribution in [3.63, 3.8) is 0 Å². The van der Waals surface area contributed by atoms with Crippen molar-refractivity contribution in [1.29, 1.82) is 0 Å². The molecule has 3 fully saturated rings. The van der Waals surface area contributed by atoms with Gasteiger partial charge in [0.25, 0.3) is 0 Å². The molecule has 1 spiro atoms. The summed E-state index contributed by atoms with van der Waals surface area (Å²) in [6, 6.07) is 8.56. The van der Waals surface area contributed by atoms with E-state index in [1.165, 1.54) is 0 Å². The quantitative estimate of drug-likeness (QED) is 0.306. The summed E-state index contributed by atoms with van der Waals surface area (Å²) in [7, 11) is 0. The molecule has 1 aromatic rings. The van der Waals surface area contributed by atoms with Crippen LogP contribution < -0.4 is 10.6 Å². The molecule has 9 heteroatoms. The Hall–Kier alpha value is -1.58. The van der Waals surface area contributed by atoms with Crippen molar-refractivity contribution in [2.75, 3.05) is 13.2 Å². The van der Waals surface area contributed by atoms with Crippen molar-refractivity contribution in [3.05, 3.63) is 35.9 Å². The molecule has 3 saturated heterocycles. The Morgan fingerprint density at radius 2 is 1.97 bits per heavy atom. The summed E-state index contributed by atoms with van der Waals surface area (Å²) >= 11 is 5.40. The number of carbonyl (C=O) groups excluding carboxylic acids is 3. The minimum Gasteiger partial charge on any atom is -0.394 e. The van der Waals surface area contributed by atoms with Gasteiger partial charge in [-0.1, -0.05) is 66.5 Å². The number of halogens is 1. The first-order chi connectivity index (χ1) is 16.4. The number of amides is 3. The molecule has 186 valence electrons. The van der Waals surface area contributed by atoms with Gasteiger partial charge in [0.1, 0.15) is 6.04 Å². The summed E-state index contributed by atoms with van der Waals surface area (Å²) in [5.41, 5.74) is 0.996. The normalized spacial score (nSPS) is 32.5. The fourth-order valence-corrected chi connectivity index (χ4v) is 9.46. The third kappa shape index (κ3) is 4.28. The highest BCUT2D eigenvalue weighted by molar-refractivity contribution is 9.09. The van der Waals surface area contributed by atoms with Gasteiger partial charge in [0.05, 0.1) is 29.2 Å². The Labute approximate surface area is 213 Å². The molecule has 34 heavy (non-hydrogen) atoms. The van der Waals surface area contributed by atoms with Gasteiger partial charge in [-0.3, -0.25) is 14.4 Å². The number of aliphatic hydroxyl groups excluding tert-OH is 1. The highest BCUT2D eigenvalue weighted by Gasteiger charge is 2.76. The van der Waals surface area contributed by atoms with Crippen LogP contribution in [0.1, 0.15) is 45.1 Å². The van der Waals surface area contributed by atoms with Gasteiger partial charge >= 0.3 is 0 Å². The number of nitrogens with one attached hydrogen (secondary N) is 2. The first-order valence-corrected chi connectivity index (χ1v) is 14.0. The van der Waals surface area contributed by atoms with Crippen LogP contribution in [-0.2, 0) is 20.9 Å². The van der Waals surface area contributed by atoms with Gasteiger partial charge < -0.3 is 20.6 Å². The van der Waals surface area contributed by atoms with Gasteiger partial charge in [-0.15, -0.1) is 11.8 Å². The fourth-order valence-electron chi connectivity index (χ4n) is 5.86. The van der Waals surface area contributed by atoms with Crippen molar-refractivity contribution in [1.82, 2.24) is 15.5 Å². The maximum atomic E-state index is 13.9. The number of aliphatic hydroxyl groups is 1. The maximum Gasteiger partial charge on any atom is 0.244 e. The Kier molecular flexibility index (Phi) is 7.94. The lowest BCUT2D eigenvalue weighted by Crippen LogP contribution is -2.57. The molecule has 7 nitrogen and oxygen atoms in total. The van der Waals surface area contributed by atoms with Crippen LogP contribution in [0.3, 0.4) is 0 Å². The SMILES string of the molecule is CCCCNC(=O)C1N([C@@H](CC)CO)C(=O)[C@@H]2[C@@H](C(=O)NCc3ccccc3)[C@@H]3SC12CC3Br. The lowest BCUT2D eigenvalue weighted by atomic mass is 9.70. The van der Waals surface area contributed by atoms with Crippen LogP contribution in [0.4, 0.5) is 0 Å². The number of likely N-dealkylation sites (tertiary alicyclic amines) is 1. The fraction of sp³-hybridized carbons (Fsp3) is 0.640. The van der Waals surface area contributed by atoms with Crippen LogP contribution in [0.15, 0.2) is 30.3 Å². The Morgan fingerprint density at radius 3 is 2.62 bits per heavy atom. The van der Waals surface area contributed by atoms with Crippen molar-refractivity contribution in [3.8, 4) is 0 Å². The van der Waals surface area contributed by atoms with E-state index >= 15 is 0 Å². The van der Waals surface area contributed by atoms with Crippen LogP contribution in [0.5, 0.6) is 0 Å². The highest BCUT2D eigenvalue weighted by Crippen LogP contribution is 2.68. The first kappa shape index (κ1) is 25.5. The second-order valence-electron chi connectivity index (χ2n) is 9.50. The maximum absolute atomic E-state index is 13.9. The number of hydrogen-bond donors (Lipinski definition) is 3. The number of carbonyl (C=O) groups is 3. The smallest absolute Gasteiger partial charge is 0.244 e. The van der Waals surface area contributed by atoms with Crippen LogP contribution in [0.25, 0.3) is 0 Å². The topological polar surface area (TPSA) is 98.7 Å². The molecule has 0 aliphatic carbocycles. The summed E-state index contributed by atoms with van der Waals surface area (Å²) in [4.78, 5) is 42.5. The predicted octanol–water partition coefficient (Wildman–Crippen LogP) is 2.45. The Balaban J connectivity index is 1.64. The number of rotatable bonds is 10. The average molecular weight is 553 g/mol. The predicted molar refractivity (Wildman–Crippen MR) is 136 cm³/mol. The molecule has 3 heterocycles. The summed E-state index contributed by atoms with van der Waals surface area (Å²) < 4.78 is -0.677. The van der Waals surface area contributed by atoms with E-state index in [2.05, 4.69) is 33.5 Å². The van der Waals surface area contributed by atoms with E-state index in [1.54, 1.807) is 16.7 Å². The number of nitrogens with zero attached hydrogens (tertiary/aromatic N) is 1. The van der Waals surface area contributed by atoms with Crippen LogP contribution in [0, 0.1) is 11.8 Å².